The van der Waals surface area contributed by atoms with Crippen LogP contribution < -0.4 is 5.32 Å². The van der Waals surface area contributed by atoms with Gasteiger partial charge in [0.2, 0.25) is 5.91 Å². The molecule has 2 aromatic heterocycles. The van der Waals surface area contributed by atoms with E-state index in [0.29, 0.717) is 6.04 Å². The Hall–Kier alpha value is -1.14. The minimum atomic E-state index is -0.136. The molecular weight excluding hydrogens is 302 g/mol. The maximum absolute atomic E-state index is 12.1. The zero-order valence-electron chi connectivity index (χ0n) is 12.7. The Labute approximate surface area is 132 Å². The lowest BCUT2D eigenvalue weighted by Crippen LogP contribution is -2.32. The third kappa shape index (κ3) is 3.06. The van der Waals surface area contributed by atoms with Crippen molar-refractivity contribution in [2.24, 2.45) is 0 Å². The van der Waals surface area contributed by atoms with Crippen LogP contribution in [0.1, 0.15) is 36.0 Å². The summed E-state index contributed by atoms with van der Waals surface area (Å²) < 4.78 is 0. The molecule has 2 aromatic rings. The van der Waals surface area contributed by atoms with Gasteiger partial charge in [-0.15, -0.1) is 11.3 Å². The van der Waals surface area contributed by atoms with Crippen molar-refractivity contribution in [2.45, 2.75) is 56.9 Å². The number of aryl methyl sites for hydroxylation is 3. The second-order valence-corrected chi connectivity index (χ2v) is 8.12. The van der Waals surface area contributed by atoms with Gasteiger partial charge in [-0.2, -0.15) is 0 Å². The Morgan fingerprint density at radius 1 is 1.33 bits per heavy atom. The smallest absolute Gasteiger partial charge is 0.233 e. The molecule has 21 heavy (non-hydrogen) atoms. The predicted octanol–water partition coefficient (Wildman–Crippen LogP) is 3.38. The van der Waals surface area contributed by atoms with E-state index in [1.54, 1.807) is 11.3 Å². The molecule has 1 atom stereocenters. The van der Waals surface area contributed by atoms with Crippen LogP contribution in [0, 0.1) is 20.8 Å². The summed E-state index contributed by atoms with van der Waals surface area (Å²) in [6.45, 7) is 8.06. The fourth-order valence-electron chi connectivity index (χ4n) is 2.17. The minimum Gasteiger partial charge on any atom is -0.352 e. The minimum absolute atomic E-state index is 0.108. The molecule has 0 radical (unpaired) electrons. The highest BCUT2D eigenvalue weighted by Crippen LogP contribution is 2.36. The molecule has 0 spiro atoms. The number of carbonyl (C=O) groups excluding carboxylic acids is 1. The van der Waals surface area contributed by atoms with E-state index in [2.05, 4.69) is 29.1 Å². The molecule has 112 valence electrons. The number of nitrogens with zero attached hydrogens (tertiary/aromatic N) is 2. The van der Waals surface area contributed by atoms with Crippen molar-refractivity contribution in [3.05, 3.63) is 16.3 Å². The molecule has 0 aliphatic heterocycles. The average Bonchev–Trinajstić information content (AvgIpc) is 3.16. The lowest BCUT2D eigenvalue weighted by Gasteiger charge is -2.12. The zero-order chi connectivity index (χ0) is 15.1. The van der Waals surface area contributed by atoms with Gasteiger partial charge in [-0.05, 0) is 46.1 Å². The van der Waals surface area contributed by atoms with Crippen LogP contribution in [0.25, 0.3) is 10.2 Å². The summed E-state index contributed by atoms with van der Waals surface area (Å²) in [7, 11) is 0. The van der Waals surface area contributed by atoms with Crippen molar-refractivity contribution in [1.29, 1.82) is 0 Å². The molecule has 6 heteroatoms. The fraction of sp³-hybridized carbons (Fsp3) is 0.533. The first kappa shape index (κ1) is 14.8. The predicted molar refractivity (Wildman–Crippen MR) is 88.1 cm³/mol. The molecule has 1 saturated carbocycles. The summed E-state index contributed by atoms with van der Waals surface area (Å²) in [6, 6.07) is 0.401. The van der Waals surface area contributed by atoms with E-state index in [-0.39, 0.29) is 11.2 Å². The van der Waals surface area contributed by atoms with Crippen molar-refractivity contribution >= 4 is 39.2 Å². The molecule has 2 heterocycles. The van der Waals surface area contributed by atoms with E-state index in [1.807, 2.05) is 13.8 Å². The third-order valence-corrected chi connectivity index (χ3v) is 5.88. The highest BCUT2D eigenvalue weighted by atomic mass is 32.2. The summed E-state index contributed by atoms with van der Waals surface area (Å²) in [5.74, 6) is 0.873. The first-order chi connectivity index (χ1) is 9.95. The number of hydrogen-bond acceptors (Lipinski definition) is 5. The van der Waals surface area contributed by atoms with Crippen molar-refractivity contribution in [1.82, 2.24) is 15.3 Å². The van der Waals surface area contributed by atoms with Crippen LogP contribution in [0.3, 0.4) is 0 Å². The van der Waals surface area contributed by atoms with Gasteiger partial charge in [0.25, 0.3) is 0 Å². The molecule has 1 aliphatic carbocycles. The SMILES string of the molecule is Cc1nc(S[C@H](C)C(=O)NC2CC2)c2c(C)c(C)sc2n1. The molecule has 1 aliphatic rings. The molecule has 1 amide bonds. The summed E-state index contributed by atoms with van der Waals surface area (Å²) in [5, 5.41) is 4.96. The second kappa shape index (κ2) is 5.57. The number of carbonyl (C=O) groups is 1. The number of amides is 1. The van der Waals surface area contributed by atoms with E-state index < -0.39 is 0 Å². The molecule has 0 unspecified atom stereocenters. The lowest BCUT2D eigenvalue weighted by atomic mass is 10.2. The number of thiophene rings is 1. The van der Waals surface area contributed by atoms with Crippen LogP contribution in [0.15, 0.2) is 5.03 Å². The summed E-state index contributed by atoms with van der Waals surface area (Å²) in [5.41, 5.74) is 1.23. The second-order valence-electron chi connectivity index (χ2n) is 5.58. The van der Waals surface area contributed by atoms with Gasteiger partial charge in [0.1, 0.15) is 15.7 Å². The Bertz CT molecular complexity index is 706. The van der Waals surface area contributed by atoms with Crippen LogP contribution in [0.5, 0.6) is 0 Å². The van der Waals surface area contributed by atoms with Gasteiger partial charge < -0.3 is 5.32 Å². The van der Waals surface area contributed by atoms with Crippen molar-refractivity contribution in [3.63, 3.8) is 0 Å². The van der Waals surface area contributed by atoms with Crippen molar-refractivity contribution in [3.8, 4) is 0 Å². The van der Waals surface area contributed by atoms with E-state index in [0.717, 1.165) is 33.9 Å². The maximum atomic E-state index is 12.1. The number of hydrogen-bond donors (Lipinski definition) is 1. The Morgan fingerprint density at radius 2 is 2.05 bits per heavy atom. The fourth-order valence-corrected chi connectivity index (χ4v) is 4.37. The maximum Gasteiger partial charge on any atom is 0.233 e. The Morgan fingerprint density at radius 3 is 2.71 bits per heavy atom. The largest absolute Gasteiger partial charge is 0.352 e. The Kier molecular flexibility index (Phi) is 3.92. The molecular formula is C15H19N3OS2. The summed E-state index contributed by atoms with van der Waals surface area (Å²) >= 11 is 3.23. The van der Waals surface area contributed by atoms with Gasteiger partial charge in [0.15, 0.2) is 0 Å². The number of aromatic nitrogens is 2. The first-order valence-electron chi connectivity index (χ1n) is 7.17. The highest BCUT2D eigenvalue weighted by Gasteiger charge is 2.27. The van der Waals surface area contributed by atoms with Crippen LogP contribution in [0.4, 0.5) is 0 Å². The molecule has 0 bridgehead atoms. The van der Waals surface area contributed by atoms with E-state index in [9.17, 15) is 4.79 Å². The van der Waals surface area contributed by atoms with Gasteiger partial charge >= 0.3 is 0 Å². The average molecular weight is 321 g/mol. The summed E-state index contributed by atoms with van der Waals surface area (Å²) in [4.78, 5) is 23.5. The third-order valence-electron chi connectivity index (χ3n) is 3.69. The normalized spacial score (nSPS) is 16.2. The summed E-state index contributed by atoms with van der Waals surface area (Å²) in [6.07, 6.45) is 2.23. The first-order valence-corrected chi connectivity index (χ1v) is 8.86. The van der Waals surface area contributed by atoms with Gasteiger partial charge in [-0.1, -0.05) is 11.8 Å². The highest BCUT2D eigenvalue weighted by molar-refractivity contribution is 8.00. The van der Waals surface area contributed by atoms with Crippen LogP contribution in [-0.2, 0) is 4.79 Å². The van der Waals surface area contributed by atoms with Crippen molar-refractivity contribution < 1.29 is 4.79 Å². The van der Waals surface area contributed by atoms with Crippen molar-refractivity contribution in [2.75, 3.05) is 0 Å². The lowest BCUT2D eigenvalue weighted by molar-refractivity contribution is -0.120. The van der Waals surface area contributed by atoms with E-state index >= 15 is 0 Å². The van der Waals surface area contributed by atoms with Gasteiger partial charge in [-0.3, -0.25) is 4.79 Å². The number of rotatable bonds is 4. The van der Waals surface area contributed by atoms with Gasteiger partial charge in [0, 0.05) is 16.3 Å². The molecule has 4 nitrogen and oxygen atoms in total. The molecule has 1 N–H and O–H groups in total. The topological polar surface area (TPSA) is 54.9 Å². The quantitative estimate of drug-likeness (QED) is 0.693. The standard InChI is InChI=1S/C15H19N3OS2/c1-7-8(2)20-14-12(7)15(17-10(4)16-14)21-9(3)13(19)18-11-5-6-11/h9,11H,5-6H2,1-4H3,(H,18,19)/t9-/m1/s1. The number of thioether (sulfide) groups is 1. The molecule has 0 saturated heterocycles. The van der Waals surface area contributed by atoms with Gasteiger partial charge in [-0.25, -0.2) is 9.97 Å². The van der Waals surface area contributed by atoms with Gasteiger partial charge in [0.05, 0.1) is 5.25 Å². The van der Waals surface area contributed by atoms with E-state index in [4.69, 9.17) is 0 Å². The van der Waals surface area contributed by atoms with E-state index in [1.165, 1.54) is 22.2 Å². The molecule has 0 aromatic carbocycles. The van der Waals surface area contributed by atoms with Crippen LogP contribution >= 0.6 is 23.1 Å². The number of fused-ring (bicyclic) bond motifs is 1. The molecule has 1 fully saturated rings. The Balaban J connectivity index is 1.90. The van der Waals surface area contributed by atoms with Crippen LogP contribution in [0.2, 0.25) is 0 Å². The van der Waals surface area contributed by atoms with Crippen LogP contribution in [-0.4, -0.2) is 27.2 Å². The monoisotopic (exact) mass is 321 g/mol. The number of nitrogens with one attached hydrogen (secondary N) is 1. The molecule has 3 rings (SSSR count). The zero-order valence-corrected chi connectivity index (χ0v) is 14.3.